The standard InChI is InChI=1S/C18H31N2O.BrH/c1-2-3-4-5-6-7-8-11-19-12-9-18(10-13-19)20-14-16-21-17-15-20;/h9-10,12-13H,2-8,11,14-17H2,1H3;1H/q+1;/p-1. The van der Waals surface area contributed by atoms with Crippen LogP contribution in [0.2, 0.25) is 0 Å². The second kappa shape index (κ2) is 11.9. The summed E-state index contributed by atoms with van der Waals surface area (Å²) >= 11 is 0. The summed E-state index contributed by atoms with van der Waals surface area (Å²) < 4.78 is 7.71. The van der Waals surface area contributed by atoms with E-state index in [0.717, 1.165) is 32.8 Å². The molecule has 2 rings (SSSR count). The number of ether oxygens (including phenoxy) is 1. The van der Waals surface area contributed by atoms with E-state index >= 15 is 0 Å². The van der Waals surface area contributed by atoms with Crippen LogP contribution in [0.15, 0.2) is 24.5 Å². The van der Waals surface area contributed by atoms with E-state index in [1.807, 2.05) is 0 Å². The van der Waals surface area contributed by atoms with Gasteiger partial charge < -0.3 is 26.6 Å². The first-order chi connectivity index (χ1) is 10.4. The number of rotatable bonds is 9. The van der Waals surface area contributed by atoms with Crippen molar-refractivity contribution in [1.29, 1.82) is 0 Å². The van der Waals surface area contributed by atoms with Gasteiger partial charge in [0.15, 0.2) is 12.4 Å². The molecule has 4 heteroatoms. The maximum Gasteiger partial charge on any atom is 0.170 e. The van der Waals surface area contributed by atoms with Crippen molar-refractivity contribution in [3.63, 3.8) is 0 Å². The highest BCUT2D eigenvalue weighted by atomic mass is 79.9. The predicted molar refractivity (Wildman–Crippen MR) is 87.7 cm³/mol. The Kier molecular flexibility index (Phi) is 10.5. The van der Waals surface area contributed by atoms with E-state index in [2.05, 4.69) is 40.9 Å². The zero-order chi connectivity index (χ0) is 14.8. The molecule has 1 aliphatic heterocycles. The zero-order valence-electron chi connectivity index (χ0n) is 14.0. The molecule has 22 heavy (non-hydrogen) atoms. The fourth-order valence-electron chi connectivity index (χ4n) is 2.88. The number of hydrogen-bond acceptors (Lipinski definition) is 2. The third-order valence-electron chi connectivity index (χ3n) is 4.27. The molecule has 1 aromatic heterocycles. The first-order valence-corrected chi connectivity index (χ1v) is 8.72. The van der Waals surface area contributed by atoms with Gasteiger partial charge in [-0.1, -0.05) is 39.0 Å². The quantitative estimate of drug-likeness (QED) is 0.466. The number of hydrogen-bond donors (Lipinski definition) is 0. The lowest BCUT2D eigenvalue weighted by Crippen LogP contribution is -3.00. The minimum atomic E-state index is 0. The van der Waals surface area contributed by atoms with Crippen LogP contribution in [0.4, 0.5) is 5.69 Å². The second-order valence-electron chi connectivity index (χ2n) is 6.01. The lowest BCUT2D eigenvalue weighted by Gasteiger charge is -2.28. The van der Waals surface area contributed by atoms with Gasteiger partial charge in [-0.3, -0.25) is 0 Å². The highest BCUT2D eigenvalue weighted by molar-refractivity contribution is 5.43. The molecule has 0 saturated carbocycles. The van der Waals surface area contributed by atoms with Crippen molar-refractivity contribution in [2.45, 2.75) is 58.4 Å². The number of anilines is 1. The van der Waals surface area contributed by atoms with Gasteiger partial charge in [0.2, 0.25) is 0 Å². The molecule has 1 aromatic rings. The smallest absolute Gasteiger partial charge is 0.170 e. The van der Waals surface area contributed by atoms with Crippen molar-refractivity contribution in [2.24, 2.45) is 0 Å². The average molecular weight is 371 g/mol. The fraction of sp³-hybridized carbons (Fsp3) is 0.722. The molecule has 126 valence electrons. The highest BCUT2D eigenvalue weighted by Gasteiger charge is 2.12. The van der Waals surface area contributed by atoms with Crippen molar-refractivity contribution in [2.75, 3.05) is 31.2 Å². The van der Waals surface area contributed by atoms with Crippen molar-refractivity contribution in [3.8, 4) is 0 Å². The largest absolute Gasteiger partial charge is 1.00 e. The van der Waals surface area contributed by atoms with Gasteiger partial charge >= 0.3 is 0 Å². The van der Waals surface area contributed by atoms with Crippen LogP contribution < -0.4 is 26.4 Å². The number of pyridine rings is 1. The van der Waals surface area contributed by atoms with Gasteiger partial charge in [-0.25, -0.2) is 4.57 Å². The van der Waals surface area contributed by atoms with Crippen LogP contribution in [0.1, 0.15) is 51.9 Å². The molecule has 1 aliphatic rings. The summed E-state index contributed by atoms with van der Waals surface area (Å²) in [4.78, 5) is 2.40. The molecule has 0 aromatic carbocycles. The van der Waals surface area contributed by atoms with Gasteiger partial charge in [0.1, 0.15) is 6.54 Å². The molecule has 0 aliphatic carbocycles. The van der Waals surface area contributed by atoms with E-state index in [4.69, 9.17) is 4.74 Å². The van der Waals surface area contributed by atoms with Gasteiger partial charge in [0, 0.05) is 37.3 Å². The molecule has 1 fully saturated rings. The Balaban J connectivity index is 0.00000242. The molecule has 0 atom stereocenters. The monoisotopic (exact) mass is 370 g/mol. The van der Waals surface area contributed by atoms with E-state index in [1.54, 1.807) is 0 Å². The Morgan fingerprint density at radius 2 is 1.55 bits per heavy atom. The lowest BCUT2D eigenvalue weighted by atomic mass is 10.1. The lowest BCUT2D eigenvalue weighted by molar-refractivity contribution is -0.697. The maximum absolute atomic E-state index is 5.40. The normalized spacial score (nSPS) is 14.7. The summed E-state index contributed by atoms with van der Waals surface area (Å²) in [6.07, 6.45) is 14.1. The van der Waals surface area contributed by atoms with Crippen LogP contribution in [0.3, 0.4) is 0 Å². The molecule has 0 spiro atoms. The topological polar surface area (TPSA) is 16.4 Å². The summed E-state index contributed by atoms with van der Waals surface area (Å²) in [6, 6.07) is 4.49. The zero-order valence-corrected chi connectivity index (χ0v) is 15.6. The van der Waals surface area contributed by atoms with Crippen molar-refractivity contribution < 1.29 is 26.3 Å². The highest BCUT2D eigenvalue weighted by Crippen LogP contribution is 2.13. The second-order valence-corrected chi connectivity index (χ2v) is 6.01. The minimum absolute atomic E-state index is 0. The van der Waals surface area contributed by atoms with E-state index in [0.29, 0.717) is 0 Å². The van der Waals surface area contributed by atoms with Crippen molar-refractivity contribution in [3.05, 3.63) is 24.5 Å². The molecule has 0 bridgehead atoms. The van der Waals surface area contributed by atoms with Gasteiger partial charge in [-0.2, -0.15) is 0 Å². The van der Waals surface area contributed by atoms with Crippen molar-refractivity contribution in [1.82, 2.24) is 0 Å². The van der Waals surface area contributed by atoms with Gasteiger partial charge in [0.05, 0.1) is 13.2 Å². The van der Waals surface area contributed by atoms with E-state index in [9.17, 15) is 0 Å². The molecule has 0 N–H and O–H groups in total. The SMILES string of the molecule is CCCCCCCCC[n+]1ccc(N2CCOCC2)cc1.[Br-]. The summed E-state index contributed by atoms with van der Waals surface area (Å²) in [5.41, 5.74) is 1.33. The Morgan fingerprint density at radius 3 is 2.18 bits per heavy atom. The van der Waals surface area contributed by atoms with Crippen LogP contribution in [-0.4, -0.2) is 26.3 Å². The number of nitrogens with zero attached hydrogens (tertiary/aromatic N) is 2. The van der Waals surface area contributed by atoms with Crippen LogP contribution in [0.25, 0.3) is 0 Å². The Morgan fingerprint density at radius 1 is 0.955 bits per heavy atom. The molecule has 3 nitrogen and oxygen atoms in total. The average Bonchev–Trinajstić information content (AvgIpc) is 2.55. The van der Waals surface area contributed by atoms with Gasteiger partial charge in [-0.05, 0) is 6.42 Å². The third-order valence-corrected chi connectivity index (χ3v) is 4.27. The third kappa shape index (κ3) is 7.10. The van der Waals surface area contributed by atoms with Gasteiger partial charge in [0.25, 0.3) is 0 Å². The summed E-state index contributed by atoms with van der Waals surface area (Å²) in [5, 5.41) is 0. The Labute approximate surface area is 146 Å². The molecular formula is C18H31BrN2O. The number of aryl methyl sites for hydroxylation is 1. The van der Waals surface area contributed by atoms with Gasteiger partial charge in [-0.15, -0.1) is 0 Å². The fourth-order valence-corrected chi connectivity index (χ4v) is 2.88. The molecule has 0 radical (unpaired) electrons. The molecule has 1 saturated heterocycles. The predicted octanol–water partition coefficient (Wildman–Crippen LogP) is 0.565. The molecule has 2 heterocycles. The number of halogens is 1. The Bertz CT molecular complexity index is 377. The van der Waals surface area contributed by atoms with E-state index in [-0.39, 0.29) is 17.0 Å². The number of unbranched alkanes of at least 4 members (excludes halogenated alkanes) is 6. The van der Waals surface area contributed by atoms with Crippen molar-refractivity contribution >= 4 is 5.69 Å². The first-order valence-electron chi connectivity index (χ1n) is 8.72. The van der Waals surface area contributed by atoms with Crippen LogP contribution >= 0.6 is 0 Å². The number of morpholine rings is 1. The molecular weight excluding hydrogens is 340 g/mol. The minimum Gasteiger partial charge on any atom is -1.00 e. The summed E-state index contributed by atoms with van der Waals surface area (Å²) in [7, 11) is 0. The molecule has 0 amide bonds. The van der Waals surface area contributed by atoms with Crippen LogP contribution in [-0.2, 0) is 11.3 Å². The summed E-state index contributed by atoms with van der Waals surface area (Å²) in [5.74, 6) is 0. The number of aromatic nitrogens is 1. The van der Waals surface area contributed by atoms with E-state index < -0.39 is 0 Å². The Hall–Kier alpha value is -0.610. The summed E-state index contributed by atoms with van der Waals surface area (Å²) in [6.45, 7) is 7.16. The molecule has 0 unspecified atom stereocenters. The van der Waals surface area contributed by atoms with Crippen LogP contribution in [0.5, 0.6) is 0 Å². The van der Waals surface area contributed by atoms with Crippen LogP contribution in [0, 0.1) is 0 Å². The first kappa shape index (κ1) is 19.4. The maximum atomic E-state index is 5.40. The van der Waals surface area contributed by atoms with E-state index in [1.165, 1.54) is 50.6 Å².